The van der Waals surface area contributed by atoms with Gasteiger partial charge in [-0.25, -0.2) is 0 Å². The maximum Gasteiger partial charge on any atom is 0.573 e. The summed E-state index contributed by atoms with van der Waals surface area (Å²) in [5.74, 6) is -1.33. The minimum Gasteiger partial charge on any atom is -0.406 e. The molecule has 1 heterocycles. The van der Waals surface area contributed by atoms with Crippen LogP contribution in [0.3, 0.4) is 0 Å². The Morgan fingerprint density at radius 2 is 1.85 bits per heavy atom. The quantitative estimate of drug-likeness (QED) is 0.650. The van der Waals surface area contributed by atoms with E-state index < -0.39 is 35.7 Å². The first-order chi connectivity index (χ1) is 12.8. The van der Waals surface area contributed by atoms with Crippen LogP contribution in [-0.2, 0) is 6.61 Å². The number of aromatic nitrogens is 1. The number of aromatic amines is 1. The molecule has 3 aromatic rings. The van der Waals surface area contributed by atoms with Crippen LogP contribution in [0, 0.1) is 0 Å². The van der Waals surface area contributed by atoms with Crippen LogP contribution in [0.5, 0.6) is 5.75 Å². The zero-order chi connectivity index (χ0) is 19.6. The summed E-state index contributed by atoms with van der Waals surface area (Å²) in [6.07, 6.45) is -4.90. The SMILES string of the molecule is O=C(Nc1ccccc1)c1c(CO)c2cc(OC(F)(F)F)ccc2[nH]c1=O. The molecule has 3 rings (SSSR count). The summed E-state index contributed by atoms with van der Waals surface area (Å²) in [6, 6.07) is 11.5. The van der Waals surface area contributed by atoms with Crippen molar-refractivity contribution in [1.29, 1.82) is 0 Å². The molecule has 9 heteroatoms. The molecule has 0 aliphatic heterocycles. The van der Waals surface area contributed by atoms with E-state index in [0.29, 0.717) is 5.69 Å². The molecule has 140 valence electrons. The minimum atomic E-state index is -4.90. The van der Waals surface area contributed by atoms with Gasteiger partial charge in [0.15, 0.2) is 0 Å². The summed E-state index contributed by atoms with van der Waals surface area (Å²) < 4.78 is 41.2. The Labute approximate surface area is 150 Å². The maximum atomic E-state index is 12.5. The number of benzene rings is 2. The molecule has 0 saturated heterocycles. The van der Waals surface area contributed by atoms with E-state index in [9.17, 15) is 27.9 Å². The molecule has 0 radical (unpaired) electrons. The zero-order valence-corrected chi connectivity index (χ0v) is 13.6. The second-order valence-corrected chi connectivity index (χ2v) is 5.54. The van der Waals surface area contributed by atoms with Crippen LogP contribution in [0.2, 0.25) is 0 Å². The highest BCUT2D eigenvalue weighted by Gasteiger charge is 2.31. The fourth-order valence-electron chi connectivity index (χ4n) is 2.66. The van der Waals surface area contributed by atoms with E-state index in [2.05, 4.69) is 15.0 Å². The number of rotatable bonds is 4. The van der Waals surface area contributed by atoms with Gasteiger partial charge in [0, 0.05) is 22.2 Å². The minimum absolute atomic E-state index is 0.0667. The lowest BCUT2D eigenvalue weighted by Crippen LogP contribution is -2.26. The maximum absolute atomic E-state index is 12.5. The van der Waals surface area contributed by atoms with Crippen LogP contribution >= 0.6 is 0 Å². The standard InChI is InChI=1S/C18H13F3N2O4/c19-18(20,21)27-11-6-7-14-12(8-11)13(9-24)15(17(26)23-14)16(25)22-10-4-2-1-3-5-10/h1-8,24H,9H2,(H,22,25)(H,23,26). The van der Waals surface area contributed by atoms with E-state index >= 15 is 0 Å². The predicted molar refractivity (Wildman–Crippen MR) is 91.6 cm³/mol. The van der Waals surface area contributed by atoms with E-state index in [1.165, 1.54) is 6.07 Å². The summed E-state index contributed by atoms with van der Waals surface area (Å²) in [5.41, 5.74) is -0.688. The Morgan fingerprint density at radius 1 is 1.15 bits per heavy atom. The summed E-state index contributed by atoms with van der Waals surface area (Å²) in [7, 11) is 0. The molecule has 0 bridgehead atoms. The Kier molecular flexibility index (Phi) is 4.87. The van der Waals surface area contributed by atoms with Gasteiger partial charge in [0.2, 0.25) is 0 Å². The number of fused-ring (bicyclic) bond motifs is 1. The number of anilines is 1. The van der Waals surface area contributed by atoms with Crippen LogP contribution in [0.25, 0.3) is 10.9 Å². The van der Waals surface area contributed by atoms with Crippen molar-refractivity contribution in [2.75, 3.05) is 5.32 Å². The van der Waals surface area contributed by atoms with Crippen molar-refractivity contribution in [2.24, 2.45) is 0 Å². The Hall–Kier alpha value is -3.33. The predicted octanol–water partition coefficient (Wildman–Crippen LogP) is 3.17. The highest BCUT2D eigenvalue weighted by atomic mass is 19.4. The Balaban J connectivity index is 2.10. The lowest BCUT2D eigenvalue weighted by atomic mass is 10.0. The molecule has 3 N–H and O–H groups in total. The molecule has 6 nitrogen and oxygen atoms in total. The van der Waals surface area contributed by atoms with Gasteiger partial charge in [-0.05, 0) is 30.3 Å². The zero-order valence-electron chi connectivity index (χ0n) is 13.6. The van der Waals surface area contributed by atoms with Crippen molar-refractivity contribution >= 4 is 22.5 Å². The number of nitrogens with one attached hydrogen (secondary N) is 2. The number of carbonyl (C=O) groups excluding carboxylic acids is 1. The largest absolute Gasteiger partial charge is 0.573 e. The number of ether oxygens (including phenoxy) is 1. The summed E-state index contributed by atoms with van der Waals surface area (Å²) >= 11 is 0. The number of amides is 1. The summed E-state index contributed by atoms with van der Waals surface area (Å²) in [5, 5.41) is 12.3. The number of carbonyl (C=O) groups is 1. The van der Waals surface area contributed by atoms with Gasteiger partial charge in [0.25, 0.3) is 11.5 Å². The van der Waals surface area contributed by atoms with Crippen molar-refractivity contribution < 1.29 is 27.8 Å². The smallest absolute Gasteiger partial charge is 0.406 e. The van der Waals surface area contributed by atoms with Gasteiger partial charge >= 0.3 is 6.36 Å². The normalized spacial score (nSPS) is 11.4. The number of hydrogen-bond acceptors (Lipinski definition) is 4. The van der Waals surface area contributed by atoms with Gasteiger partial charge in [-0.15, -0.1) is 13.2 Å². The van der Waals surface area contributed by atoms with Gasteiger partial charge in [-0.3, -0.25) is 9.59 Å². The van der Waals surface area contributed by atoms with Crippen LogP contribution < -0.4 is 15.6 Å². The molecule has 1 aromatic heterocycles. The molecule has 1 amide bonds. The third-order valence-corrected chi connectivity index (χ3v) is 3.74. The highest BCUT2D eigenvalue weighted by molar-refractivity contribution is 6.07. The molecular weight excluding hydrogens is 365 g/mol. The van der Waals surface area contributed by atoms with Crippen molar-refractivity contribution in [3.8, 4) is 5.75 Å². The van der Waals surface area contributed by atoms with Crippen LogP contribution in [0.1, 0.15) is 15.9 Å². The molecule has 0 aliphatic rings. The third-order valence-electron chi connectivity index (χ3n) is 3.74. The van der Waals surface area contributed by atoms with Gasteiger partial charge in [0.05, 0.1) is 6.61 Å². The van der Waals surface area contributed by atoms with E-state index in [-0.39, 0.29) is 16.5 Å². The lowest BCUT2D eigenvalue weighted by molar-refractivity contribution is -0.274. The van der Waals surface area contributed by atoms with Gasteiger partial charge in [-0.2, -0.15) is 0 Å². The summed E-state index contributed by atoms with van der Waals surface area (Å²) in [6.45, 7) is -0.729. The summed E-state index contributed by atoms with van der Waals surface area (Å²) in [4.78, 5) is 27.3. The Morgan fingerprint density at radius 3 is 2.48 bits per heavy atom. The molecule has 0 fully saturated rings. The van der Waals surface area contributed by atoms with Gasteiger partial charge in [-0.1, -0.05) is 18.2 Å². The number of H-pyrrole nitrogens is 1. The second kappa shape index (κ2) is 7.12. The third kappa shape index (κ3) is 4.09. The number of aliphatic hydroxyl groups excluding tert-OH is 1. The van der Waals surface area contributed by atoms with Crippen LogP contribution in [-0.4, -0.2) is 22.4 Å². The van der Waals surface area contributed by atoms with E-state index in [4.69, 9.17) is 0 Å². The first-order valence-corrected chi connectivity index (χ1v) is 7.70. The molecule has 0 saturated carbocycles. The average molecular weight is 378 g/mol. The number of alkyl halides is 3. The van der Waals surface area contributed by atoms with Crippen molar-refractivity contribution in [2.45, 2.75) is 13.0 Å². The first kappa shape index (κ1) is 18.5. The lowest BCUT2D eigenvalue weighted by Gasteiger charge is -2.13. The second-order valence-electron chi connectivity index (χ2n) is 5.54. The van der Waals surface area contributed by atoms with E-state index in [1.807, 2.05) is 0 Å². The molecule has 0 atom stereocenters. The number of aliphatic hydroxyl groups is 1. The number of para-hydroxylation sites is 1. The molecule has 0 aliphatic carbocycles. The van der Waals surface area contributed by atoms with Gasteiger partial charge < -0.3 is 20.1 Å². The average Bonchev–Trinajstić information content (AvgIpc) is 2.60. The highest BCUT2D eigenvalue weighted by Crippen LogP contribution is 2.28. The molecule has 2 aromatic carbocycles. The molecular formula is C18H13F3N2O4. The van der Waals surface area contributed by atoms with E-state index in [0.717, 1.165) is 12.1 Å². The topological polar surface area (TPSA) is 91.4 Å². The van der Waals surface area contributed by atoms with Crippen molar-refractivity contribution in [1.82, 2.24) is 4.98 Å². The molecule has 27 heavy (non-hydrogen) atoms. The molecule has 0 spiro atoms. The van der Waals surface area contributed by atoms with Crippen molar-refractivity contribution in [3.05, 3.63) is 70.0 Å². The fourth-order valence-corrected chi connectivity index (χ4v) is 2.66. The fraction of sp³-hybridized carbons (Fsp3) is 0.111. The van der Waals surface area contributed by atoms with Crippen molar-refractivity contribution in [3.63, 3.8) is 0 Å². The first-order valence-electron chi connectivity index (χ1n) is 7.70. The van der Waals surface area contributed by atoms with Crippen LogP contribution in [0.4, 0.5) is 18.9 Å². The monoisotopic (exact) mass is 378 g/mol. The number of halogens is 3. The van der Waals surface area contributed by atoms with Gasteiger partial charge in [0.1, 0.15) is 11.3 Å². The number of pyridine rings is 1. The molecule has 0 unspecified atom stereocenters. The number of hydrogen-bond donors (Lipinski definition) is 3. The van der Waals surface area contributed by atoms with E-state index in [1.54, 1.807) is 30.3 Å². The van der Waals surface area contributed by atoms with Crippen LogP contribution in [0.15, 0.2) is 53.3 Å². The Bertz CT molecular complexity index is 1050.